The summed E-state index contributed by atoms with van der Waals surface area (Å²) in [4.78, 5) is 14.3. The Morgan fingerprint density at radius 1 is 1.46 bits per heavy atom. The lowest BCUT2D eigenvalue weighted by atomic mass is 9.98. The summed E-state index contributed by atoms with van der Waals surface area (Å²) in [6.45, 7) is 3.99. The number of likely N-dealkylation sites (tertiary alicyclic amines) is 1. The number of nitrogens with zero attached hydrogens (tertiary/aromatic N) is 1. The normalized spacial score (nSPS) is 18.6. The third-order valence-corrected chi connectivity index (χ3v) is 4.57. The molecule has 1 fully saturated rings. The third kappa shape index (κ3) is 5.40. The summed E-state index contributed by atoms with van der Waals surface area (Å²) in [6, 6.07) is 2.22. The molecule has 0 bridgehead atoms. The number of carbonyl (C=O) groups is 1. The first-order valence-corrected chi connectivity index (χ1v) is 8.49. The number of methoxy groups -OCH3 is 1. The highest BCUT2D eigenvalue weighted by Gasteiger charge is 2.21. The predicted octanol–water partition coefficient (Wildman–Crippen LogP) is 2.64. The van der Waals surface area contributed by atoms with E-state index in [-0.39, 0.29) is 17.0 Å². The van der Waals surface area contributed by atoms with Crippen LogP contribution in [0.2, 0.25) is 5.02 Å². The van der Waals surface area contributed by atoms with Crippen LogP contribution in [-0.4, -0.2) is 50.7 Å². The fourth-order valence-electron chi connectivity index (χ4n) is 2.95. The number of hydrogen-bond donors (Lipinski definition) is 1. The lowest BCUT2D eigenvalue weighted by molar-refractivity contribution is -0.120. The first-order chi connectivity index (χ1) is 11.5. The highest BCUT2D eigenvalue weighted by molar-refractivity contribution is 6.30. The van der Waals surface area contributed by atoms with E-state index in [1.807, 2.05) is 0 Å². The van der Waals surface area contributed by atoms with Gasteiger partial charge in [0.15, 0.2) is 0 Å². The monoisotopic (exact) mass is 360 g/mol. The summed E-state index contributed by atoms with van der Waals surface area (Å²) in [5.74, 6) is -1.68. The molecule has 0 spiro atoms. The van der Waals surface area contributed by atoms with E-state index < -0.39 is 17.5 Å². The van der Waals surface area contributed by atoms with Crippen LogP contribution >= 0.6 is 11.6 Å². The maximum atomic E-state index is 13.8. The van der Waals surface area contributed by atoms with Crippen LogP contribution in [0.4, 0.5) is 8.78 Å². The summed E-state index contributed by atoms with van der Waals surface area (Å²) >= 11 is 5.64. The molecule has 2 rings (SSSR count). The Balaban J connectivity index is 1.82. The molecule has 4 nitrogen and oxygen atoms in total. The van der Waals surface area contributed by atoms with Crippen LogP contribution in [0.3, 0.4) is 0 Å². The van der Waals surface area contributed by atoms with Gasteiger partial charge in [-0.3, -0.25) is 4.79 Å². The van der Waals surface area contributed by atoms with E-state index in [4.69, 9.17) is 16.3 Å². The highest BCUT2D eigenvalue weighted by atomic mass is 35.5. The Morgan fingerprint density at radius 2 is 2.25 bits per heavy atom. The van der Waals surface area contributed by atoms with E-state index in [2.05, 4.69) is 10.2 Å². The lowest BCUT2D eigenvalue weighted by Gasteiger charge is -2.32. The Bertz CT molecular complexity index is 572. The zero-order valence-electron chi connectivity index (χ0n) is 13.8. The topological polar surface area (TPSA) is 41.6 Å². The summed E-state index contributed by atoms with van der Waals surface area (Å²) in [5.41, 5.74) is -0.287. The largest absolute Gasteiger partial charge is 0.383 e. The molecule has 1 heterocycles. The van der Waals surface area contributed by atoms with Gasteiger partial charge in [0.25, 0.3) is 0 Å². The van der Waals surface area contributed by atoms with Crippen molar-refractivity contribution in [2.45, 2.75) is 19.3 Å². The van der Waals surface area contributed by atoms with Crippen molar-refractivity contribution >= 4 is 17.5 Å². The molecular weight excluding hydrogens is 338 g/mol. The van der Waals surface area contributed by atoms with E-state index >= 15 is 0 Å². The SMILES string of the molecule is COCCN1CCC[C@H](CNC(=O)Cc2c(F)ccc(Cl)c2F)C1. The van der Waals surface area contributed by atoms with Gasteiger partial charge < -0.3 is 15.0 Å². The summed E-state index contributed by atoms with van der Waals surface area (Å²) in [5, 5.41) is 2.60. The van der Waals surface area contributed by atoms with Crippen molar-refractivity contribution in [1.29, 1.82) is 0 Å². The number of ether oxygens (including phenoxy) is 1. The summed E-state index contributed by atoms with van der Waals surface area (Å²) < 4.78 is 32.6. The molecule has 1 atom stereocenters. The zero-order valence-corrected chi connectivity index (χ0v) is 14.5. The Morgan fingerprint density at radius 3 is 3.00 bits per heavy atom. The molecule has 0 saturated carbocycles. The number of halogens is 3. The smallest absolute Gasteiger partial charge is 0.224 e. The van der Waals surface area contributed by atoms with Crippen molar-refractivity contribution in [3.05, 3.63) is 34.4 Å². The molecule has 1 aromatic rings. The van der Waals surface area contributed by atoms with Gasteiger partial charge in [0.05, 0.1) is 18.1 Å². The van der Waals surface area contributed by atoms with Gasteiger partial charge in [-0.25, -0.2) is 8.78 Å². The Labute approximate surface area is 146 Å². The van der Waals surface area contributed by atoms with Crippen molar-refractivity contribution < 1.29 is 18.3 Å². The molecule has 1 N–H and O–H groups in total. The van der Waals surface area contributed by atoms with E-state index in [9.17, 15) is 13.6 Å². The highest BCUT2D eigenvalue weighted by Crippen LogP contribution is 2.21. The van der Waals surface area contributed by atoms with Crippen molar-refractivity contribution in [3.8, 4) is 0 Å². The summed E-state index contributed by atoms with van der Waals surface area (Å²) in [6.07, 6.45) is 1.75. The van der Waals surface area contributed by atoms with Gasteiger partial charge in [-0.15, -0.1) is 0 Å². The Kier molecular flexibility index (Phi) is 7.40. The number of rotatable bonds is 7. The average Bonchev–Trinajstić information content (AvgIpc) is 2.59. The van der Waals surface area contributed by atoms with Gasteiger partial charge in [0.2, 0.25) is 5.91 Å². The minimum atomic E-state index is -0.866. The molecule has 0 aromatic heterocycles. The molecule has 1 saturated heterocycles. The van der Waals surface area contributed by atoms with Crippen molar-refractivity contribution in [3.63, 3.8) is 0 Å². The average molecular weight is 361 g/mol. The van der Waals surface area contributed by atoms with E-state index in [1.165, 1.54) is 0 Å². The second-order valence-electron chi connectivity index (χ2n) is 6.10. The minimum absolute atomic E-state index is 0.180. The number of piperidine rings is 1. The minimum Gasteiger partial charge on any atom is -0.383 e. The second kappa shape index (κ2) is 9.30. The number of carbonyl (C=O) groups excluding carboxylic acids is 1. The van der Waals surface area contributed by atoms with Crippen LogP contribution < -0.4 is 5.32 Å². The first kappa shape index (κ1) is 19.1. The second-order valence-corrected chi connectivity index (χ2v) is 6.51. The standard InChI is InChI=1S/C17H23ClF2N2O2/c1-24-8-7-22-6-2-3-12(11-22)10-21-16(23)9-13-15(19)5-4-14(18)17(13)20/h4-5,12H,2-3,6-11H2,1H3,(H,21,23)/t12-/m1/s1. The molecule has 0 radical (unpaired) electrons. The van der Waals surface area contributed by atoms with Gasteiger partial charge in [0, 0.05) is 32.3 Å². The van der Waals surface area contributed by atoms with Gasteiger partial charge in [-0.1, -0.05) is 11.6 Å². The maximum Gasteiger partial charge on any atom is 0.224 e. The molecule has 7 heteroatoms. The fourth-order valence-corrected chi connectivity index (χ4v) is 3.13. The van der Waals surface area contributed by atoms with Crippen molar-refractivity contribution in [1.82, 2.24) is 10.2 Å². The summed E-state index contributed by atoms with van der Waals surface area (Å²) in [7, 11) is 1.68. The van der Waals surface area contributed by atoms with Crippen LogP contribution in [0.25, 0.3) is 0 Å². The van der Waals surface area contributed by atoms with Gasteiger partial charge in [-0.05, 0) is 37.4 Å². The van der Waals surface area contributed by atoms with Gasteiger partial charge in [0.1, 0.15) is 11.6 Å². The molecule has 24 heavy (non-hydrogen) atoms. The van der Waals surface area contributed by atoms with Crippen LogP contribution in [0.15, 0.2) is 12.1 Å². The van der Waals surface area contributed by atoms with E-state index in [0.717, 1.165) is 44.6 Å². The maximum absolute atomic E-state index is 13.8. The fraction of sp³-hybridized carbons (Fsp3) is 0.588. The molecule has 1 amide bonds. The first-order valence-electron chi connectivity index (χ1n) is 8.11. The number of nitrogens with one attached hydrogen (secondary N) is 1. The predicted molar refractivity (Wildman–Crippen MR) is 89.1 cm³/mol. The molecule has 1 aromatic carbocycles. The lowest BCUT2D eigenvalue weighted by Crippen LogP contribution is -2.42. The quantitative estimate of drug-likeness (QED) is 0.760. The van der Waals surface area contributed by atoms with Crippen molar-refractivity contribution in [2.24, 2.45) is 5.92 Å². The van der Waals surface area contributed by atoms with Crippen molar-refractivity contribution in [2.75, 3.05) is 39.9 Å². The Hall–Kier alpha value is -1.24. The van der Waals surface area contributed by atoms with Gasteiger partial charge in [-0.2, -0.15) is 0 Å². The molecular formula is C17H23ClF2N2O2. The molecule has 0 unspecified atom stereocenters. The zero-order chi connectivity index (χ0) is 17.5. The molecule has 134 valence electrons. The van der Waals surface area contributed by atoms with Crippen LogP contribution in [-0.2, 0) is 16.0 Å². The molecule has 1 aliphatic rings. The number of amides is 1. The van der Waals surface area contributed by atoms with E-state index in [0.29, 0.717) is 19.1 Å². The van der Waals surface area contributed by atoms with Crippen LogP contribution in [0.1, 0.15) is 18.4 Å². The van der Waals surface area contributed by atoms with E-state index in [1.54, 1.807) is 7.11 Å². The van der Waals surface area contributed by atoms with Crippen LogP contribution in [0.5, 0.6) is 0 Å². The molecule has 1 aliphatic heterocycles. The number of benzene rings is 1. The van der Waals surface area contributed by atoms with Crippen LogP contribution in [0, 0.1) is 17.6 Å². The third-order valence-electron chi connectivity index (χ3n) is 4.28. The van der Waals surface area contributed by atoms with Gasteiger partial charge >= 0.3 is 0 Å². The molecule has 0 aliphatic carbocycles. The number of hydrogen-bond acceptors (Lipinski definition) is 3.